The fourth-order valence-electron chi connectivity index (χ4n) is 3.01. The van der Waals surface area contributed by atoms with Crippen LogP contribution in [0.25, 0.3) is 6.08 Å². The minimum Gasteiger partial charge on any atom is -0.493 e. The molecule has 0 unspecified atom stereocenters. The molecule has 0 aliphatic carbocycles. The summed E-state index contributed by atoms with van der Waals surface area (Å²) in [6.07, 6.45) is 8.78. The van der Waals surface area contributed by atoms with Crippen molar-refractivity contribution in [3.05, 3.63) is 28.7 Å². The molecule has 0 spiro atoms. The maximum Gasteiger partial charge on any atom is 0.266 e. The molecule has 1 aliphatic heterocycles. The Labute approximate surface area is 193 Å². The number of thioether (sulfide) groups is 1. The second kappa shape index (κ2) is 12.4. The Morgan fingerprint density at radius 1 is 1.16 bits per heavy atom. The van der Waals surface area contributed by atoms with E-state index < -0.39 is 15.9 Å². The first kappa shape index (κ1) is 25.6. The number of nitrogens with zero attached hydrogens (tertiary/aromatic N) is 1. The van der Waals surface area contributed by atoms with Crippen molar-refractivity contribution in [2.24, 2.45) is 0 Å². The van der Waals surface area contributed by atoms with Crippen LogP contribution in [0.4, 0.5) is 0 Å². The van der Waals surface area contributed by atoms with E-state index in [9.17, 15) is 13.2 Å². The molecule has 1 aliphatic rings. The lowest BCUT2D eigenvalue weighted by Gasteiger charge is -2.13. The standard InChI is InChI=1S/C21H29NO6S3/c1-3-4-5-6-7-8-12-28-17-10-9-16(14-18(17)27-2)15-19-20(23)22(21(29)30-19)11-13-31(24,25)26/h9-10,14-15H,3-8,11-13H2,1-2H3,(H,24,25,26). The first-order valence-electron chi connectivity index (χ1n) is 10.3. The first-order valence-corrected chi connectivity index (χ1v) is 13.1. The van der Waals surface area contributed by atoms with Gasteiger partial charge in [-0.1, -0.05) is 69.1 Å². The number of hydrogen-bond donors (Lipinski definition) is 1. The summed E-state index contributed by atoms with van der Waals surface area (Å²) in [5.41, 5.74) is 0.735. The Bertz CT molecular complexity index is 914. The van der Waals surface area contributed by atoms with Gasteiger partial charge in [0.15, 0.2) is 11.5 Å². The molecule has 1 amide bonds. The Kier molecular flexibility index (Phi) is 10.3. The molecular formula is C21H29NO6S3. The number of thiocarbonyl (C=S) groups is 1. The van der Waals surface area contributed by atoms with E-state index in [1.807, 2.05) is 6.07 Å². The topological polar surface area (TPSA) is 93.1 Å². The van der Waals surface area contributed by atoms with Crippen LogP contribution >= 0.6 is 24.0 Å². The summed E-state index contributed by atoms with van der Waals surface area (Å²) in [6.45, 7) is 2.63. The Hall–Kier alpha value is -1.62. The number of amides is 1. The zero-order valence-corrected chi connectivity index (χ0v) is 20.3. The second-order valence-corrected chi connectivity index (χ2v) is 10.4. The molecule has 1 N–H and O–H groups in total. The molecule has 172 valence electrons. The zero-order chi connectivity index (χ0) is 22.9. The number of benzene rings is 1. The molecular weight excluding hydrogens is 458 g/mol. The van der Waals surface area contributed by atoms with Crippen LogP contribution in [0.1, 0.15) is 51.0 Å². The smallest absolute Gasteiger partial charge is 0.266 e. The molecule has 0 radical (unpaired) electrons. The maximum atomic E-state index is 12.5. The Morgan fingerprint density at radius 3 is 2.55 bits per heavy atom. The van der Waals surface area contributed by atoms with Crippen LogP contribution in [-0.4, -0.2) is 54.1 Å². The van der Waals surface area contributed by atoms with Gasteiger partial charge in [-0.3, -0.25) is 14.2 Å². The number of hydrogen-bond acceptors (Lipinski definition) is 7. The van der Waals surface area contributed by atoms with Crippen molar-refractivity contribution in [2.45, 2.75) is 45.4 Å². The lowest BCUT2D eigenvalue weighted by atomic mass is 10.1. The van der Waals surface area contributed by atoms with Crippen molar-refractivity contribution in [3.8, 4) is 11.5 Å². The predicted octanol–water partition coefficient (Wildman–Crippen LogP) is 4.52. The van der Waals surface area contributed by atoms with Crippen LogP contribution < -0.4 is 9.47 Å². The highest BCUT2D eigenvalue weighted by molar-refractivity contribution is 8.26. The van der Waals surface area contributed by atoms with Gasteiger partial charge in [0.05, 0.1) is 24.4 Å². The third kappa shape index (κ3) is 8.44. The summed E-state index contributed by atoms with van der Waals surface area (Å²) < 4.78 is 42.4. The normalized spacial score (nSPS) is 15.7. The molecule has 0 saturated carbocycles. The SMILES string of the molecule is CCCCCCCCOc1ccc(C=C2SC(=S)N(CCS(=O)(=O)O)C2=O)cc1OC. The number of methoxy groups -OCH3 is 1. The molecule has 1 aromatic rings. The number of unbranched alkanes of at least 4 members (excludes halogenated alkanes) is 5. The Balaban J connectivity index is 1.98. The summed E-state index contributed by atoms with van der Waals surface area (Å²) >= 11 is 6.26. The highest BCUT2D eigenvalue weighted by Gasteiger charge is 2.32. The van der Waals surface area contributed by atoms with E-state index in [-0.39, 0.29) is 16.8 Å². The van der Waals surface area contributed by atoms with E-state index in [4.69, 9.17) is 26.2 Å². The van der Waals surface area contributed by atoms with Crippen molar-refractivity contribution >= 4 is 50.4 Å². The lowest BCUT2D eigenvalue weighted by molar-refractivity contribution is -0.121. The van der Waals surface area contributed by atoms with E-state index in [0.29, 0.717) is 23.0 Å². The summed E-state index contributed by atoms with van der Waals surface area (Å²) in [6, 6.07) is 5.41. The van der Waals surface area contributed by atoms with Crippen molar-refractivity contribution in [1.29, 1.82) is 0 Å². The molecule has 0 bridgehead atoms. The number of ether oxygens (including phenoxy) is 2. The highest BCUT2D eigenvalue weighted by Crippen LogP contribution is 2.34. The molecule has 2 rings (SSSR count). The molecule has 0 atom stereocenters. The molecule has 31 heavy (non-hydrogen) atoms. The van der Waals surface area contributed by atoms with Gasteiger partial charge in [0.25, 0.3) is 16.0 Å². The van der Waals surface area contributed by atoms with Crippen molar-refractivity contribution in [2.75, 3.05) is 26.0 Å². The fraction of sp³-hybridized carbons (Fsp3) is 0.524. The second-order valence-electron chi connectivity index (χ2n) is 7.15. The average molecular weight is 488 g/mol. The van der Waals surface area contributed by atoms with Gasteiger partial charge in [0.1, 0.15) is 4.32 Å². The van der Waals surface area contributed by atoms with Crippen molar-refractivity contribution in [3.63, 3.8) is 0 Å². The van der Waals surface area contributed by atoms with Gasteiger partial charge < -0.3 is 9.47 Å². The summed E-state index contributed by atoms with van der Waals surface area (Å²) in [4.78, 5) is 14.1. The van der Waals surface area contributed by atoms with Crippen LogP contribution in [0.5, 0.6) is 11.5 Å². The van der Waals surface area contributed by atoms with Crippen molar-refractivity contribution in [1.82, 2.24) is 4.90 Å². The molecule has 1 aromatic carbocycles. The minimum absolute atomic E-state index is 0.185. The lowest BCUT2D eigenvalue weighted by Crippen LogP contribution is -2.32. The summed E-state index contributed by atoms with van der Waals surface area (Å²) in [5, 5.41) is 0. The fourth-order valence-corrected chi connectivity index (χ4v) is 4.73. The first-order chi connectivity index (χ1) is 14.7. The third-order valence-corrected chi connectivity index (χ3v) is 6.76. The average Bonchev–Trinajstić information content (AvgIpc) is 2.98. The monoisotopic (exact) mass is 487 g/mol. The van der Waals surface area contributed by atoms with Gasteiger partial charge in [0.2, 0.25) is 0 Å². The van der Waals surface area contributed by atoms with Gasteiger partial charge in [0, 0.05) is 6.54 Å². The Morgan fingerprint density at radius 2 is 1.87 bits per heavy atom. The minimum atomic E-state index is -4.18. The van der Waals surface area contributed by atoms with Crippen LogP contribution in [0.2, 0.25) is 0 Å². The molecule has 0 aromatic heterocycles. The number of carbonyl (C=O) groups is 1. The number of carbonyl (C=O) groups excluding carboxylic acids is 1. The molecule has 10 heteroatoms. The molecule has 1 heterocycles. The van der Waals surface area contributed by atoms with Gasteiger partial charge in [-0.15, -0.1) is 0 Å². The van der Waals surface area contributed by atoms with E-state index in [0.717, 1.165) is 30.2 Å². The van der Waals surface area contributed by atoms with Gasteiger partial charge >= 0.3 is 0 Å². The highest BCUT2D eigenvalue weighted by atomic mass is 32.2. The molecule has 7 nitrogen and oxygen atoms in total. The van der Waals surface area contributed by atoms with E-state index in [2.05, 4.69) is 6.92 Å². The van der Waals surface area contributed by atoms with Crippen LogP contribution in [0, 0.1) is 0 Å². The third-order valence-electron chi connectivity index (χ3n) is 4.69. The van der Waals surface area contributed by atoms with E-state index in [1.54, 1.807) is 25.3 Å². The summed E-state index contributed by atoms with van der Waals surface area (Å²) in [5.74, 6) is 0.266. The predicted molar refractivity (Wildman–Crippen MR) is 128 cm³/mol. The van der Waals surface area contributed by atoms with Gasteiger partial charge in [-0.2, -0.15) is 8.42 Å². The van der Waals surface area contributed by atoms with E-state index in [1.165, 1.54) is 30.6 Å². The maximum absolute atomic E-state index is 12.5. The molecule has 1 fully saturated rings. The number of rotatable bonds is 13. The van der Waals surface area contributed by atoms with Crippen LogP contribution in [0.3, 0.4) is 0 Å². The quantitative estimate of drug-likeness (QED) is 0.188. The van der Waals surface area contributed by atoms with Gasteiger partial charge in [-0.05, 0) is 30.2 Å². The van der Waals surface area contributed by atoms with Crippen LogP contribution in [-0.2, 0) is 14.9 Å². The summed E-state index contributed by atoms with van der Waals surface area (Å²) in [7, 11) is -2.62. The zero-order valence-electron chi connectivity index (χ0n) is 17.8. The van der Waals surface area contributed by atoms with Crippen LogP contribution in [0.15, 0.2) is 23.1 Å². The van der Waals surface area contributed by atoms with E-state index >= 15 is 0 Å². The van der Waals surface area contributed by atoms with Gasteiger partial charge in [-0.25, -0.2) is 0 Å². The molecule has 1 saturated heterocycles. The largest absolute Gasteiger partial charge is 0.493 e. The van der Waals surface area contributed by atoms with Crippen molar-refractivity contribution < 1.29 is 27.2 Å².